The average Bonchev–Trinajstić information content (AvgIpc) is 2.97. The lowest BCUT2D eigenvalue weighted by atomic mass is 9.94. The van der Waals surface area contributed by atoms with Crippen LogP contribution in [0.5, 0.6) is 5.75 Å². The number of hydrazine groups is 1. The van der Waals surface area contributed by atoms with Gasteiger partial charge in [0.05, 0.1) is 11.2 Å². The number of unbranched alkanes of at least 4 members (excludes halogenated alkanes) is 1. The Kier molecular flexibility index (Phi) is 7.49. The fourth-order valence-corrected chi connectivity index (χ4v) is 5.00. The molecule has 0 aromatic heterocycles. The van der Waals surface area contributed by atoms with Crippen LogP contribution in [0.4, 0.5) is 0 Å². The maximum atomic E-state index is 12.9. The topological polar surface area (TPSA) is 143 Å². The molecular weight excluding hydrogens is 408 g/mol. The summed E-state index contributed by atoms with van der Waals surface area (Å²) in [5.74, 6) is -0.233. The Balaban J connectivity index is 1.99. The quantitative estimate of drug-likeness (QED) is 0.188. The van der Waals surface area contributed by atoms with Gasteiger partial charge in [-0.25, -0.2) is 8.42 Å². The third-order valence-corrected chi connectivity index (χ3v) is 6.82. The predicted molar refractivity (Wildman–Crippen MR) is 115 cm³/mol. The number of fused-ring (bicyclic) bond motifs is 1. The molecule has 0 aliphatic carbocycles. The van der Waals surface area contributed by atoms with Crippen LogP contribution in [0.25, 0.3) is 0 Å². The van der Waals surface area contributed by atoms with Crippen LogP contribution in [0.1, 0.15) is 55.4 Å². The molecule has 0 bridgehead atoms. The minimum Gasteiger partial charge on any atom is -0.487 e. The number of nitrogens with two attached hydrogens (primary N) is 1. The average molecular weight is 441 g/mol. The minimum atomic E-state index is -3.81. The fourth-order valence-electron chi connectivity index (χ4n) is 3.60. The monoisotopic (exact) mass is 440 g/mol. The Labute approximate surface area is 178 Å². The molecule has 1 aliphatic heterocycles. The van der Waals surface area contributed by atoms with E-state index in [0.29, 0.717) is 43.4 Å². The van der Waals surface area contributed by atoms with Crippen LogP contribution in [0.2, 0.25) is 0 Å². The molecule has 1 aromatic carbocycles. The van der Waals surface area contributed by atoms with Gasteiger partial charge in [0.25, 0.3) is 10.0 Å². The zero-order valence-corrected chi connectivity index (χ0v) is 19.0. The van der Waals surface area contributed by atoms with Crippen molar-refractivity contribution in [1.29, 1.82) is 0 Å². The first kappa shape index (κ1) is 24.1. The number of sulfonamides is 1. The maximum Gasteiger partial charge on any atom is 0.320 e. The molecule has 0 fully saturated rings. The van der Waals surface area contributed by atoms with Gasteiger partial charge in [0, 0.05) is 18.5 Å². The number of carboxylic acid groups (broad SMARTS) is 1. The number of rotatable bonds is 10. The molecule has 0 radical (unpaired) electrons. The molecule has 10 heteroatoms. The molecule has 0 unspecified atom stereocenters. The normalized spacial score (nSPS) is 16.3. The molecular formula is C20H32N4O5S. The van der Waals surface area contributed by atoms with E-state index < -0.39 is 22.0 Å². The SMILES string of the molecule is Cc1c(C)c(S(=O)(=O)NNC=NCCCC[C@H](N)C(=O)O)c(C)c2c1OC(C)(C)C2. The van der Waals surface area contributed by atoms with Crippen molar-refractivity contribution >= 4 is 22.3 Å². The molecule has 0 spiro atoms. The molecule has 30 heavy (non-hydrogen) atoms. The lowest BCUT2D eigenvalue weighted by molar-refractivity contribution is -0.138. The molecule has 1 aliphatic rings. The van der Waals surface area contributed by atoms with Crippen molar-refractivity contribution < 1.29 is 23.1 Å². The zero-order chi connectivity index (χ0) is 22.7. The second-order valence-corrected chi connectivity index (χ2v) is 9.90. The van der Waals surface area contributed by atoms with E-state index in [2.05, 4.69) is 15.2 Å². The van der Waals surface area contributed by atoms with E-state index >= 15 is 0 Å². The van der Waals surface area contributed by atoms with Crippen molar-refractivity contribution in [3.8, 4) is 5.75 Å². The molecule has 1 atom stereocenters. The Hall–Kier alpha value is -2.17. The number of carbonyl (C=O) groups is 1. The van der Waals surface area contributed by atoms with E-state index in [0.717, 1.165) is 16.9 Å². The van der Waals surface area contributed by atoms with Gasteiger partial charge in [-0.1, -0.05) is 0 Å². The fraction of sp³-hybridized carbons (Fsp3) is 0.600. The number of benzene rings is 1. The third-order valence-electron chi connectivity index (χ3n) is 5.28. The summed E-state index contributed by atoms with van der Waals surface area (Å²) in [6.07, 6.45) is 3.59. The number of aliphatic imine (C=N–C) groups is 1. The molecule has 0 saturated carbocycles. The highest BCUT2D eigenvalue weighted by Gasteiger charge is 2.36. The number of hydrogen-bond acceptors (Lipinski definition) is 6. The highest BCUT2D eigenvalue weighted by atomic mass is 32.2. The number of ether oxygens (including phenoxy) is 1. The van der Waals surface area contributed by atoms with Crippen LogP contribution >= 0.6 is 0 Å². The molecule has 5 N–H and O–H groups in total. The Morgan fingerprint density at radius 1 is 1.27 bits per heavy atom. The first-order chi connectivity index (χ1) is 13.9. The van der Waals surface area contributed by atoms with Crippen LogP contribution in [0.3, 0.4) is 0 Å². The summed E-state index contributed by atoms with van der Waals surface area (Å²) in [5, 5.41) is 8.72. The van der Waals surface area contributed by atoms with Crippen LogP contribution in [0, 0.1) is 20.8 Å². The van der Waals surface area contributed by atoms with Gasteiger partial charge in [0.2, 0.25) is 0 Å². The summed E-state index contributed by atoms with van der Waals surface area (Å²) in [6.45, 7) is 9.87. The second kappa shape index (κ2) is 9.32. The largest absolute Gasteiger partial charge is 0.487 e. The molecule has 1 aromatic rings. The van der Waals surface area contributed by atoms with E-state index in [1.54, 1.807) is 13.8 Å². The summed E-state index contributed by atoms with van der Waals surface area (Å²) in [4.78, 5) is 17.3. The minimum absolute atomic E-state index is 0.253. The molecule has 168 valence electrons. The van der Waals surface area contributed by atoms with Gasteiger partial charge in [0.15, 0.2) is 0 Å². The summed E-state index contributed by atoms with van der Waals surface area (Å²) in [5.41, 5.74) is 10.7. The van der Waals surface area contributed by atoms with Gasteiger partial charge in [-0.05, 0) is 70.6 Å². The predicted octanol–water partition coefficient (Wildman–Crippen LogP) is 1.72. The highest BCUT2D eigenvalue weighted by molar-refractivity contribution is 7.89. The van der Waals surface area contributed by atoms with Gasteiger partial charge >= 0.3 is 5.97 Å². The van der Waals surface area contributed by atoms with Crippen LogP contribution < -0.4 is 20.7 Å². The van der Waals surface area contributed by atoms with E-state index in [4.69, 9.17) is 15.6 Å². The van der Waals surface area contributed by atoms with Gasteiger partial charge in [0.1, 0.15) is 17.4 Å². The van der Waals surface area contributed by atoms with Crippen LogP contribution in [0.15, 0.2) is 9.89 Å². The highest BCUT2D eigenvalue weighted by Crippen LogP contribution is 2.43. The number of nitrogens with zero attached hydrogens (tertiary/aromatic N) is 1. The molecule has 1 heterocycles. The third kappa shape index (κ3) is 5.50. The van der Waals surface area contributed by atoms with Crippen molar-refractivity contribution in [2.75, 3.05) is 6.54 Å². The number of aliphatic carboxylic acids is 1. The second-order valence-electron chi connectivity index (χ2n) is 8.28. The van der Waals surface area contributed by atoms with E-state index in [1.165, 1.54) is 6.34 Å². The summed E-state index contributed by atoms with van der Waals surface area (Å²) >= 11 is 0. The Bertz CT molecular complexity index is 941. The van der Waals surface area contributed by atoms with Gasteiger partial charge in [-0.2, -0.15) is 0 Å². The Morgan fingerprint density at radius 2 is 1.93 bits per heavy atom. The van der Waals surface area contributed by atoms with Crippen molar-refractivity contribution in [3.63, 3.8) is 0 Å². The van der Waals surface area contributed by atoms with Crippen molar-refractivity contribution in [2.45, 2.75) is 76.8 Å². The van der Waals surface area contributed by atoms with Crippen LogP contribution in [-0.4, -0.2) is 44.0 Å². The van der Waals surface area contributed by atoms with E-state index in [1.807, 2.05) is 20.8 Å². The Morgan fingerprint density at radius 3 is 2.57 bits per heavy atom. The van der Waals surface area contributed by atoms with Crippen LogP contribution in [-0.2, 0) is 21.2 Å². The lowest BCUT2D eigenvalue weighted by Crippen LogP contribution is -2.37. The van der Waals surface area contributed by atoms with E-state index in [9.17, 15) is 13.2 Å². The maximum absolute atomic E-state index is 12.9. The van der Waals surface area contributed by atoms with E-state index in [-0.39, 0.29) is 10.5 Å². The first-order valence-electron chi connectivity index (χ1n) is 9.93. The molecule has 9 nitrogen and oxygen atoms in total. The zero-order valence-electron chi connectivity index (χ0n) is 18.2. The first-order valence-corrected chi connectivity index (χ1v) is 11.4. The number of nitrogens with one attached hydrogen (secondary N) is 2. The smallest absolute Gasteiger partial charge is 0.320 e. The number of hydrogen-bond donors (Lipinski definition) is 4. The van der Waals surface area contributed by atoms with Crippen molar-refractivity contribution in [1.82, 2.24) is 10.3 Å². The summed E-state index contributed by atoms with van der Waals surface area (Å²) < 4.78 is 31.9. The van der Waals surface area contributed by atoms with Gasteiger partial charge < -0.3 is 15.6 Å². The molecule has 0 saturated heterocycles. The van der Waals surface area contributed by atoms with Crippen molar-refractivity contribution in [3.05, 3.63) is 22.3 Å². The lowest BCUT2D eigenvalue weighted by Gasteiger charge is -2.19. The molecule has 0 amide bonds. The summed E-state index contributed by atoms with van der Waals surface area (Å²) in [6, 6.07) is -0.864. The molecule has 2 rings (SSSR count). The standard InChI is InChI=1S/C20H32N4O5S/c1-12-13(2)18(14(3)15-10-20(4,5)29-17(12)15)30(27,28)24-23-11-22-9-7-6-8-16(21)19(25)26/h11,16,24H,6-10,21H2,1-5H3,(H,22,23)(H,25,26)/t16-/m0/s1. The number of carboxylic acids is 1. The van der Waals surface area contributed by atoms with Gasteiger partial charge in [-0.3, -0.25) is 15.2 Å². The van der Waals surface area contributed by atoms with Crippen molar-refractivity contribution in [2.24, 2.45) is 10.7 Å². The van der Waals surface area contributed by atoms with Gasteiger partial charge in [-0.15, -0.1) is 4.83 Å². The summed E-state index contributed by atoms with van der Waals surface area (Å²) in [7, 11) is -3.81.